The van der Waals surface area contributed by atoms with Crippen molar-refractivity contribution in [2.75, 3.05) is 11.5 Å². The number of carbonyl (C=O) groups is 1. The van der Waals surface area contributed by atoms with E-state index < -0.39 is 0 Å². The summed E-state index contributed by atoms with van der Waals surface area (Å²) in [6.07, 6.45) is 14.0. The molecule has 1 saturated heterocycles. The van der Waals surface area contributed by atoms with Gasteiger partial charge in [-0.2, -0.15) is 0 Å². The van der Waals surface area contributed by atoms with Crippen LogP contribution in [0.25, 0.3) is 0 Å². The van der Waals surface area contributed by atoms with Crippen LogP contribution in [-0.2, 0) is 4.79 Å². The Kier molecular flexibility index (Phi) is 3.94. The van der Waals surface area contributed by atoms with Gasteiger partial charge >= 0.3 is 0 Å². The summed E-state index contributed by atoms with van der Waals surface area (Å²) in [5, 5.41) is 0. The van der Waals surface area contributed by atoms with Crippen molar-refractivity contribution in [1.82, 2.24) is 0 Å². The van der Waals surface area contributed by atoms with E-state index in [0.29, 0.717) is 9.86 Å². The highest BCUT2D eigenvalue weighted by Gasteiger charge is 2.58. The number of rotatable bonds is 1. The van der Waals surface area contributed by atoms with Gasteiger partial charge in [0.2, 0.25) is 0 Å². The minimum atomic E-state index is 0.0927. The Labute approximate surface area is 155 Å². The molecule has 1 heterocycles. The third kappa shape index (κ3) is 2.19. The Morgan fingerprint density at radius 1 is 1.04 bits per heavy atom. The Morgan fingerprint density at radius 2 is 1.88 bits per heavy atom. The maximum Gasteiger partial charge on any atom is 0.139 e. The third-order valence-electron chi connectivity index (χ3n) is 8.31. The maximum atomic E-state index is 12.7. The molecule has 1 nitrogen and oxygen atoms in total. The van der Waals surface area contributed by atoms with Gasteiger partial charge in [0.1, 0.15) is 5.78 Å². The van der Waals surface area contributed by atoms with Crippen LogP contribution >= 0.6 is 23.5 Å². The van der Waals surface area contributed by atoms with Crippen LogP contribution < -0.4 is 0 Å². The van der Waals surface area contributed by atoms with Gasteiger partial charge in [-0.25, -0.2) is 0 Å². The highest BCUT2D eigenvalue weighted by molar-refractivity contribution is 8.21. The Hall–Kier alpha value is 0.110. The molecular formula is C21H30OS2. The van der Waals surface area contributed by atoms with E-state index >= 15 is 0 Å². The average molecular weight is 363 g/mol. The van der Waals surface area contributed by atoms with Crippen molar-refractivity contribution in [3.63, 3.8) is 0 Å². The maximum absolute atomic E-state index is 12.7. The van der Waals surface area contributed by atoms with Gasteiger partial charge in [-0.1, -0.05) is 18.6 Å². The molecule has 132 valence electrons. The highest BCUT2D eigenvalue weighted by atomic mass is 32.2. The molecule has 5 aliphatic rings. The van der Waals surface area contributed by atoms with Crippen molar-refractivity contribution in [1.29, 1.82) is 0 Å². The number of allylic oxidation sites excluding steroid dienone is 1. The lowest BCUT2D eigenvalue weighted by atomic mass is 9.51. The standard InChI is InChI=1S/C21H30OS2/c1-2-20-9-7-16-15-8-10-21(23-11-12-24-21)13-14(15)3-4-17(16)18(20)5-6-19(20)22/h13,15-18H,2-12H2,1H3. The summed E-state index contributed by atoms with van der Waals surface area (Å²) in [5.41, 5.74) is 1.91. The van der Waals surface area contributed by atoms with Crippen molar-refractivity contribution in [3.8, 4) is 0 Å². The summed E-state index contributed by atoms with van der Waals surface area (Å²) in [6, 6.07) is 0. The number of carbonyl (C=O) groups excluding carboxylic acids is 1. The van der Waals surface area contributed by atoms with E-state index in [9.17, 15) is 4.79 Å². The second-order valence-electron chi connectivity index (χ2n) is 8.86. The first-order valence-corrected chi connectivity index (χ1v) is 12.2. The number of hydrogen-bond donors (Lipinski definition) is 0. The molecule has 1 aliphatic heterocycles. The first-order valence-electron chi connectivity index (χ1n) is 10.2. The number of thioether (sulfide) groups is 2. The van der Waals surface area contributed by atoms with Crippen LogP contribution in [0.4, 0.5) is 0 Å². The number of Topliss-reactive ketones (excluding diaryl/α,β-unsaturated/α-hetero) is 1. The fourth-order valence-corrected chi connectivity index (χ4v) is 10.4. The molecule has 4 aliphatic carbocycles. The van der Waals surface area contributed by atoms with Gasteiger partial charge in [0, 0.05) is 23.3 Å². The molecule has 0 bridgehead atoms. The van der Waals surface area contributed by atoms with Crippen molar-refractivity contribution >= 4 is 29.3 Å². The number of ketones is 1. The number of fused-ring (bicyclic) bond motifs is 5. The van der Waals surface area contributed by atoms with Crippen LogP contribution in [0.15, 0.2) is 11.6 Å². The van der Waals surface area contributed by atoms with Crippen molar-refractivity contribution in [3.05, 3.63) is 11.6 Å². The zero-order chi connectivity index (χ0) is 16.4. The zero-order valence-corrected chi connectivity index (χ0v) is 16.5. The monoisotopic (exact) mass is 362 g/mol. The molecule has 0 aromatic carbocycles. The fraction of sp³-hybridized carbons (Fsp3) is 0.857. The van der Waals surface area contributed by atoms with Gasteiger partial charge in [-0.15, -0.1) is 23.5 Å². The molecule has 5 atom stereocenters. The van der Waals surface area contributed by atoms with Gasteiger partial charge in [0.25, 0.3) is 0 Å². The summed E-state index contributed by atoms with van der Waals surface area (Å²) in [4.78, 5) is 12.7. The molecular weight excluding hydrogens is 332 g/mol. The molecule has 0 aromatic heterocycles. The molecule has 0 aromatic rings. The summed E-state index contributed by atoms with van der Waals surface area (Å²) < 4.78 is 0.448. The fourth-order valence-electron chi connectivity index (χ4n) is 7.24. The van der Waals surface area contributed by atoms with Crippen LogP contribution in [-0.4, -0.2) is 21.4 Å². The first-order chi connectivity index (χ1) is 11.7. The second-order valence-corrected chi connectivity index (χ2v) is 12.0. The Bertz CT molecular complexity index is 576. The minimum Gasteiger partial charge on any atom is -0.299 e. The average Bonchev–Trinajstić information content (AvgIpc) is 3.19. The normalized spacial score (nSPS) is 46.4. The second kappa shape index (κ2) is 5.81. The van der Waals surface area contributed by atoms with Gasteiger partial charge in [0.05, 0.1) is 4.08 Å². The summed E-state index contributed by atoms with van der Waals surface area (Å²) in [6.45, 7) is 2.28. The molecule has 5 unspecified atom stereocenters. The summed E-state index contributed by atoms with van der Waals surface area (Å²) in [7, 11) is 0. The van der Waals surface area contributed by atoms with Gasteiger partial charge < -0.3 is 0 Å². The van der Waals surface area contributed by atoms with E-state index in [0.717, 1.165) is 36.5 Å². The zero-order valence-electron chi connectivity index (χ0n) is 14.9. The van der Waals surface area contributed by atoms with E-state index in [1.54, 1.807) is 0 Å². The molecule has 4 fully saturated rings. The van der Waals surface area contributed by atoms with E-state index in [1.807, 2.05) is 5.57 Å². The number of hydrogen-bond acceptors (Lipinski definition) is 3. The molecule has 1 spiro atoms. The SMILES string of the molecule is CCC12CCC3C4CCC5(C=C4CCC3C1CCC2=O)SCCS5. The van der Waals surface area contributed by atoms with Crippen molar-refractivity contribution in [2.24, 2.45) is 29.1 Å². The van der Waals surface area contributed by atoms with Gasteiger partial charge in [-0.3, -0.25) is 4.79 Å². The molecule has 24 heavy (non-hydrogen) atoms. The van der Waals surface area contributed by atoms with Crippen molar-refractivity contribution < 1.29 is 4.79 Å². The van der Waals surface area contributed by atoms with E-state index in [-0.39, 0.29) is 5.41 Å². The smallest absolute Gasteiger partial charge is 0.139 e. The summed E-state index contributed by atoms with van der Waals surface area (Å²) in [5.74, 6) is 6.64. The molecule has 0 amide bonds. The molecule has 5 rings (SSSR count). The third-order valence-corrected chi connectivity index (χ3v) is 11.7. The van der Waals surface area contributed by atoms with Crippen LogP contribution in [0.1, 0.15) is 64.7 Å². The molecule has 0 radical (unpaired) electrons. The van der Waals surface area contributed by atoms with Crippen LogP contribution in [0.2, 0.25) is 0 Å². The molecule has 0 N–H and O–H groups in total. The topological polar surface area (TPSA) is 17.1 Å². The lowest BCUT2D eigenvalue weighted by molar-refractivity contribution is -0.132. The predicted octanol–water partition coefficient (Wildman–Crippen LogP) is 5.69. The highest BCUT2D eigenvalue weighted by Crippen LogP contribution is 2.63. The van der Waals surface area contributed by atoms with E-state index in [4.69, 9.17) is 0 Å². The van der Waals surface area contributed by atoms with Crippen LogP contribution in [0.5, 0.6) is 0 Å². The Balaban J connectivity index is 1.43. The first kappa shape index (κ1) is 16.3. The lowest BCUT2D eigenvalue weighted by Gasteiger charge is -2.54. The van der Waals surface area contributed by atoms with E-state index in [1.165, 1.54) is 56.5 Å². The van der Waals surface area contributed by atoms with E-state index in [2.05, 4.69) is 36.5 Å². The quantitative estimate of drug-likeness (QED) is 0.557. The lowest BCUT2D eigenvalue weighted by Crippen LogP contribution is -2.48. The Morgan fingerprint density at radius 3 is 2.67 bits per heavy atom. The van der Waals surface area contributed by atoms with Gasteiger partial charge in [0.15, 0.2) is 0 Å². The van der Waals surface area contributed by atoms with Gasteiger partial charge in [-0.05, 0) is 75.0 Å². The van der Waals surface area contributed by atoms with Crippen molar-refractivity contribution in [2.45, 2.75) is 68.8 Å². The minimum absolute atomic E-state index is 0.0927. The largest absolute Gasteiger partial charge is 0.299 e. The predicted molar refractivity (Wildman–Crippen MR) is 104 cm³/mol. The summed E-state index contributed by atoms with van der Waals surface area (Å²) >= 11 is 4.42. The molecule has 3 saturated carbocycles. The molecule has 3 heteroatoms. The van der Waals surface area contributed by atoms with Crippen LogP contribution in [0, 0.1) is 29.1 Å². The van der Waals surface area contributed by atoms with Crippen LogP contribution in [0.3, 0.4) is 0 Å².